The summed E-state index contributed by atoms with van der Waals surface area (Å²) >= 11 is 0. The lowest BCUT2D eigenvalue weighted by molar-refractivity contribution is -0.00728. The van der Waals surface area contributed by atoms with Crippen molar-refractivity contribution in [1.82, 2.24) is 0 Å². The zero-order chi connectivity index (χ0) is 13.0. The van der Waals surface area contributed by atoms with Crippen LogP contribution < -0.4 is 10.5 Å². The van der Waals surface area contributed by atoms with Crippen LogP contribution in [-0.2, 0) is 5.60 Å². The van der Waals surface area contributed by atoms with Gasteiger partial charge < -0.3 is 15.6 Å². The van der Waals surface area contributed by atoms with Crippen LogP contribution in [0.2, 0.25) is 0 Å². The molecule has 3 heteroatoms. The van der Waals surface area contributed by atoms with E-state index >= 15 is 0 Å². The molecule has 1 aliphatic rings. The van der Waals surface area contributed by atoms with Crippen LogP contribution in [0.4, 0.5) is 0 Å². The Hall–Kier alpha value is -1.06. The molecule has 3 N–H and O–H groups in total. The van der Waals surface area contributed by atoms with Gasteiger partial charge in [0.2, 0.25) is 0 Å². The van der Waals surface area contributed by atoms with Crippen LogP contribution in [0.3, 0.4) is 0 Å². The van der Waals surface area contributed by atoms with Crippen LogP contribution in [0, 0.1) is 0 Å². The van der Waals surface area contributed by atoms with E-state index in [9.17, 15) is 5.11 Å². The lowest BCUT2D eigenvalue weighted by Crippen LogP contribution is -2.37. The number of ether oxygens (including phenoxy) is 1. The molecule has 0 unspecified atom stereocenters. The number of para-hydroxylation sites is 1. The monoisotopic (exact) mass is 249 g/mol. The Kier molecular flexibility index (Phi) is 4.25. The maximum Gasteiger partial charge on any atom is 0.125 e. The number of nitrogens with two attached hydrogens (primary N) is 1. The van der Waals surface area contributed by atoms with Gasteiger partial charge in [-0.2, -0.15) is 0 Å². The summed E-state index contributed by atoms with van der Waals surface area (Å²) in [6, 6.07) is 8.06. The molecule has 1 saturated carbocycles. The van der Waals surface area contributed by atoms with Gasteiger partial charge in [-0.15, -0.1) is 0 Å². The van der Waals surface area contributed by atoms with Crippen molar-refractivity contribution in [2.24, 2.45) is 5.73 Å². The number of aliphatic hydroxyl groups is 1. The van der Waals surface area contributed by atoms with Crippen LogP contribution >= 0.6 is 0 Å². The van der Waals surface area contributed by atoms with E-state index in [1.165, 1.54) is 0 Å². The molecular formula is C15H23NO2. The lowest BCUT2D eigenvalue weighted by Gasteiger charge is -2.36. The van der Waals surface area contributed by atoms with Gasteiger partial charge in [0, 0.05) is 11.6 Å². The second-order valence-corrected chi connectivity index (χ2v) is 5.21. The van der Waals surface area contributed by atoms with E-state index in [1.54, 1.807) is 0 Å². The number of rotatable bonds is 4. The SMILES string of the molecule is CCCOc1ccccc1C1(O)CCC(N)CC1. The first-order valence-electron chi connectivity index (χ1n) is 6.86. The van der Waals surface area contributed by atoms with Crippen LogP contribution in [0.1, 0.15) is 44.6 Å². The molecule has 1 aromatic rings. The first kappa shape index (κ1) is 13.4. The minimum atomic E-state index is -0.764. The maximum atomic E-state index is 10.8. The molecule has 18 heavy (non-hydrogen) atoms. The Morgan fingerprint density at radius 1 is 1.33 bits per heavy atom. The van der Waals surface area contributed by atoms with Crippen molar-refractivity contribution < 1.29 is 9.84 Å². The van der Waals surface area contributed by atoms with E-state index in [1.807, 2.05) is 24.3 Å². The van der Waals surface area contributed by atoms with Crippen molar-refractivity contribution in [2.75, 3.05) is 6.61 Å². The molecule has 3 nitrogen and oxygen atoms in total. The molecule has 0 atom stereocenters. The fourth-order valence-corrected chi connectivity index (χ4v) is 2.58. The molecule has 1 aliphatic carbocycles. The lowest BCUT2D eigenvalue weighted by atomic mass is 9.77. The Balaban J connectivity index is 2.20. The van der Waals surface area contributed by atoms with Crippen LogP contribution in [0.15, 0.2) is 24.3 Å². The average Bonchev–Trinajstić information content (AvgIpc) is 2.40. The predicted molar refractivity (Wildman–Crippen MR) is 72.6 cm³/mol. The van der Waals surface area contributed by atoms with Crippen molar-refractivity contribution in [1.29, 1.82) is 0 Å². The Morgan fingerprint density at radius 3 is 2.67 bits per heavy atom. The summed E-state index contributed by atoms with van der Waals surface area (Å²) in [6.07, 6.45) is 4.16. The van der Waals surface area contributed by atoms with Crippen LogP contribution in [-0.4, -0.2) is 17.8 Å². The molecule has 0 spiro atoms. The van der Waals surface area contributed by atoms with E-state index in [0.29, 0.717) is 6.61 Å². The Bertz CT molecular complexity index is 384. The molecule has 100 valence electrons. The average molecular weight is 249 g/mol. The van der Waals surface area contributed by atoms with E-state index in [-0.39, 0.29) is 6.04 Å². The summed E-state index contributed by atoms with van der Waals surface area (Å²) in [5, 5.41) is 10.8. The van der Waals surface area contributed by atoms with Gasteiger partial charge in [-0.3, -0.25) is 0 Å². The fourth-order valence-electron chi connectivity index (χ4n) is 2.58. The van der Waals surface area contributed by atoms with Crippen molar-refractivity contribution in [3.63, 3.8) is 0 Å². The summed E-state index contributed by atoms with van der Waals surface area (Å²) in [5.41, 5.74) is 6.07. The van der Waals surface area contributed by atoms with Crippen molar-refractivity contribution in [3.8, 4) is 5.75 Å². The standard InChI is InChI=1S/C15H23NO2/c1-2-11-18-14-6-4-3-5-13(14)15(17)9-7-12(16)8-10-15/h3-6,12,17H,2,7-11,16H2,1H3. The number of benzene rings is 1. The molecule has 2 rings (SSSR count). The minimum absolute atomic E-state index is 0.231. The third kappa shape index (κ3) is 2.85. The van der Waals surface area contributed by atoms with Gasteiger partial charge >= 0.3 is 0 Å². The summed E-state index contributed by atoms with van der Waals surface area (Å²) in [4.78, 5) is 0. The number of hydrogen-bond acceptors (Lipinski definition) is 3. The fraction of sp³-hybridized carbons (Fsp3) is 0.600. The van der Waals surface area contributed by atoms with Gasteiger partial charge in [0.25, 0.3) is 0 Å². The van der Waals surface area contributed by atoms with Crippen molar-refractivity contribution in [2.45, 2.75) is 50.7 Å². The van der Waals surface area contributed by atoms with Gasteiger partial charge in [0.1, 0.15) is 5.75 Å². The Labute approximate surface area is 109 Å². The van der Waals surface area contributed by atoms with E-state index in [0.717, 1.165) is 43.4 Å². The second kappa shape index (κ2) is 5.72. The summed E-state index contributed by atoms with van der Waals surface area (Å²) in [5.74, 6) is 0.817. The van der Waals surface area contributed by atoms with E-state index < -0.39 is 5.60 Å². The molecule has 0 aromatic heterocycles. The predicted octanol–water partition coefficient (Wildman–Crippen LogP) is 2.56. The van der Waals surface area contributed by atoms with E-state index in [2.05, 4.69) is 6.92 Å². The minimum Gasteiger partial charge on any atom is -0.493 e. The molecule has 0 heterocycles. The van der Waals surface area contributed by atoms with Gasteiger partial charge in [-0.05, 0) is 38.2 Å². The molecule has 0 radical (unpaired) electrons. The maximum absolute atomic E-state index is 10.8. The summed E-state index contributed by atoms with van der Waals surface area (Å²) in [7, 11) is 0. The highest BCUT2D eigenvalue weighted by Gasteiger charge is 2.35. The van der Waals surface area contributed by atoms with Gasteiger partial charge in [0.15, 0.2) is 0 Å². The summed E-state index contributed by atoms with van der Waals surface area (Å²) < 4.78 is 5.74. The molecule has 0 amide bonds. The third-order valence-electron chi connectivity index (χ3n) is 3.71. The molecule has 0 bridgehead atoms. The van der Waals surface area contributed by atoms with Gasteiger partial charge in [-0.1, -0.05) is 25.1 Å². The molecular weight excluding hydrogens is 226 g/mol. The van der Waals surface area contributed by atoms with Gasteiger partial charge in [0.05, 0.1) is 12.2 Å². The number of hydrogen-bond donors (Lipinski definition) is 2. The summed E-state index contributed by atoms with van der Waals surface area (Å²) in [6.45, 7) is 2.77. The first-order chi connectivity index (χ1) is 8.65. The molecule has 1 aromatic carbocycles. The largest absolute Gasteiger partial charge is 0.493 e. The van der Waals surface area contributed by atoms with Crippen molar-refractivity contribution >= 4 is 0 Å². The zero-order valence-electron chi connectivity index (χ0n) is 11.1. The quantitative estimate of drug-likeness (QED) is 0.862. The smallest absolute Gasteiger partial charge is 0.125 e. The van der Waals surface area contributed by atoms with E-state index in [4.69, 9.17) is 10.5 Å². The third-order valence-corrected chi connectivity index (χ3v) is 3.71. The molecule has 0 saturated heterocycles. The molecule has 0 aliphatic heterocycles. The normalized spacial score (nSPS) is 28.1. The molecule has 1 fully saturated rings. The van der Waals surface area contributed by atoms with Crippen molar-refractivity contribution in [3.05, 3.63) is 29.8 Å². The van der Waals surface area contributed by atoms with Crippen LogP contribution in [0.5, 0.6) is 5.75 Å². The second-order valence-electron chi connectivity index (χ2n) is 5.21. The van der Waals surface area contributed by atoms with Crippen LogP contribution in [0.25, 0.3) is 0 Å². The highest BCUT2D eigenvalue weighted by atomic mass is 16.5. The Morgan fingerprint density at radius 2 is 2.00 bits per heavy atom. The highest BCUT2D eigenvalue weighted by molar-refractivity contribution is 5.38. The first-order valence-corrected chi connectivity index (χ1v) is 6.86. The zero-order valence-corrected chi connectivity index (χ0v) is 11.1. The topological polar surface area (TPSA) is 55.5 Å². The highest BCUT2D eigenvalue weighted by Crippen LogP contribution is 2.40. The van der Waals surface area contributed by atoms with Gasteiger partial charge in [-0.25, -0.2) is 0 Å².